The Labute approximate surface area is 243 Å². The molecule has 0 aliphatic carbocycles. The van der Waals surface area contributed by atoms with E-state index in [9.17, 15) is 9.59 Å². The first kappa shape index (κ1) is 25.7. The number of halogens is 3. The van der Waals surface area contributed by atoms with Crippen LogP contribution in [-0.2, 0) is 19.7 Å². The molecule has 0 saturated carbocycles. The number of fused-ring (bicyclic) bond motifs is 2. The molecule has 194 valence electrons. The quantitative estimate of drug-likeness (QED) is 0.322. The van der Waals surface area contributed by atoms with Crippen LogP contribution in [0.1, 0.15) is 35.6 Å². The number of hydrogen-bond donors (Lipinski definition) is 2. The number of rotatable bonds is 4. The fourth-order valence-electron chi connectivity index (χ4n) is 5.66. The number of carbonyl (C=O) groups excluding carboxylic acids is 2. The van der Waals surface area contributed by atoms with Crippen molar-refractivity contribution in [3.8, 4) is 5.75 Å². The lowest BCUT2D eigenvalue weighted by molar-refractivity contribution is -0.122. The summed E-state index contributed by atoms with van der Waals surface area (Å²) in [5.74, 6) is 0.0631. The minimum absolute atomic E-state index is 0.0238. The Balaban J connectivity index is 1.59. The first-order chi connectivity index (χ1) is 18.4. The van der Waals surface area contributed by atoms with Crippen LogP contribution in [0.5, 0.6) is 5.75 Å². The van der Waals surface area contributed by atoms with Gasteiger partial charge in [0.25, 0.3) is 0 Å². The zero-order chi connectivity index (χ0) is 26.4. The van der Waals surface area contributed by atoms with Gasteiger partial charge in [0.1, 0.15) is 17.3 Å². The van der Waals surface area contributed by atoms with Gasteiger partial charge in [-0.25, -0.2) is 0 Å². The Kier molecular flexibility index (Phi) is 6.88. The van der Waals surface area contributed by atoms with E-state index in [1.54, 1.807) is 24.3 Å². The summed E-state index contributed by atoms with van der Waals surface area (Å²) in [7, 11) is 0. The second kappa shape index (κ2) is 10.2. The molecule has 3 heterocycles. The molecule has 1 spiro atoms. The SMILES string of the molecule is O=C1C=C(c2cccc(Cl)c2)[C@]2(C(=O)Nc3cc(Cl)ccc32)[C@H](c2cc(I)ccc2OC2CCOCC2)N1. The third kappa shape index (κ3) is 4.39. The number of amides is 2. The topological polar surface area (TPSA) is 76.7 Å². The van der Waals surface area contributed by atoms with E-state index in [1.807, 2.05) is 36.4 Å². The number of benzene rings is 3. The summed E-state index contributed by atoms with van der Waals surface area (Å²) in [6.07, 6.45) is 3.01. The highest BCUT2D eigenvalue weighted by Crippen LogP contribution is 2.57. The molecular weight excluding hydrogens is 638 g/mol. The van der Waals surface area contributed by atoms with Crippen molar-refractivity contribution in [1.82, 2.24) is 5.32 Å². The largest absolute Gasteiger partial charge is 0.490 e. The highest BCUT2D eigenvalue weighted by molar-refractivity contribution is 14.1. The molecule has 1 fully saturated rings. The Morgan fingerprint density at radius 1 is 0.974 bits per heavy atom. The molecule has 3 aliphatic rings. The van der Waals surface area contributed by atoms with Crippen molar-refractivity contribution >= 4 is 68.9 Å². The highest BCUT2D eigenvalue weighted by atomic mass is 127. The van der Waals surface area contributed by atoms with Crippen LogP contribution in [0.25, 0.3) is 5.57 Å². The summed E-state index contributed by atoms with van der Waals surface area (Å²) in [5, 5.41) is 7.17. The van der Waals surface area contributed by atoms with E-state index in [2.05, 4.69) is 33.2 Å². The normalized spacial score (nSPS) is 23.0. The van der Waals surface area contributed by atoms with E-state index in [0.717, 1.165) is 27.5 Å². The molecule has 38 heavy (non-hydrogen) atoms. The number of nitrogens with one attached hydrogen (secondary N) is 2. The maximum atomic E-state index is 14.2. The number of ether oxygens (including phenoxy) is 2. The molecule has 0 unspecified atom stereocenters. The molecule has 6 rings (SSSR count). The van der Waals surface area contributed by atoms with Crippen molar-refractivity contribution in [1.29, 1.82) is 0 Å². The van der Waals surface area contributed by atoms with Crippen LogP contribution in [0.15, 0.2) is 66.7 Å². The van der Waals surface area contributed by atoms with E-state index in [4.69, 9.17) is 32.7 Å². The predicted octanol–water partition coefficient (Wildman–Crippen LogP) is 6.30. The molecule has 0 radical (unpaired) electrons. The smallest absolute Gasteiger partial charge is 0.244 e. The van der Waals surface area contributed by atoms with Crippen LogP contribution in [0.2, 0.25) is 10.0 Å². The molecule has 2 amide bonds. The van der Waals surface area contributed by atoms with Gasteiger partial charge in [-0.05, 0) is 81.8 Å². The van der Waals surface area contributed by atoms with Crippen molar-refractivity contribution in [3.63, 3.8) is 0 Å². The molecule has 3 aliphatic heterocycles. The molecule has 3 aromatic rings. The average Bonchev–Trinajstić information content (AvgIpc) is 3.18. The van der Waals surface area contributed by atoms with Crippen molar-refractivity contribution in [2.75, 3.05) is 18.5 Å². The van der Waals surface area contributed by atoms with Crippen molar-refractivity contribution < 1.29 is 19.1 Å². The summed E-state index contributed by atoms with van der Waals surface area (Å²) in [6, 6.07) is 17.7. The predicted molar refractivity (Wildman–Crippen MR) is 156 cm³/mol. The minimum atomic E-state index is -1.29. The molecule has 0 bridgehead atoms. The second-order valence-corrected chi connectivity index (χ2v) is 11.7. The molecule has 1 saturated heterocycles. The molecule has 6 nitrogen and oxygen atoms in total. The zero-order valence-corrected chi connectivity index (χ0v) is 23.8. The minimum Gasteiger partial charge on any atom is -0.490 e. The molecular formula is C29H23Cl2IN2O4. The van der Waals surface area contributed by atoms with Crippen molar-refractivity contribution in [2.24, 2.45) is 0 Å². The Morgan fingerprint density at radius 2 is 1.76 bits per heavy atom. The van der Waals surface area contributed by atoms with E-state index >= 15 is 0 Å². The maximum Gasteiger partial charge on any atom is 0.244 e. The molecule has 0 aromatic heterocycles. The summed E-state index contributed by atoms with van der Waals surface area (Å²) in [5.41, 5.74) is 2.00. The van der Waals surface area contributed by atoms with Crippen molar-refractivity contribution in [3.05, 3.63) is 97.0 Å². The third-order valence-electron chi connectivity index (χ3n) is 7.31. The highest BCUT2D eigenvalue weighted by Gasteiger charge is 2.58. The van der Waals surface area contributed by atoms with Gasteiger partial charge in [0.15, 0.2) is 0 Å². The Bertz CT molecular complexity index is 1490. The second-order valence-electron chi connectivity index (χ2n) is 9.57. The van der Waals surface area contributed by atoms with Crippen LogP contribution in [-0.4, -0.2) is 31.1 Å². The van der Waals surface area contributed by atoms with Gasteiger partial charge in [-0.15, -0.1) is 0 Å². The fraction of sp³-hybridized carbons (Fsp3) is 0.241. The standard InChI is InChI=1S/C29H23Cl2IN2O4/c30-17-3-1-2-16(12-17)23-15-26(35)34-27(29(23)22-6-4-18(31)13-24(22)33-28(29)36)21-14-19(32)5-7-25(21)38-20-8-10-37-11-9-20/h1-7,12-15,20,27H,8-11H2,(H,33,36)(H,34,35)/t27-,29-/m0/s1. The molecule has 3 aromatic carbocycles. The number of hydrogen-bond acceptors (Lipinski definition) is 4. The van der Waals surface area contributed by atoms with Gasteiger partial charge < -0.3 is 20.1 Å². The van der Waals surface area contributed by atoms with Crippen LogP contribution in [0.3, 0.4) is 0 Å². The summed E-state index contributed by atoms with van der Waals surface area (Å²) in [4.78, 5) is 27.5. The van der Waals surface area contributed by atoms with Gasteiger partial charge >= 0.3 is 0 Å². The van der Waals surface area contributed by atoms with Crippen molar-refractivity contribution in [2.45, 2.75) is 30.4 Å². The maximum absolute atomic E-state index is 14.2. The summed E-state index contributed by atoms with van der Waals surface area (Å²) < 4.78 is 13.0. The van der Waals surface area contributed by atoms with E-state index in [-0.39, 0.29) is 17.9 Å². The van der Waals surface area contributed by atoms with Crippen LogP contribution in [0, 0.1) is 3.57 Å². The van der Waals surface area contributed by atoms with Gasteiger partial charge in [0.2, 0.25) is 11.8 Å². The van der Waals surface area contributed by atoms with Crippen LogP contribution in [0.4, 0.5) is 5.69 Å². The lowest BCUT2D eigenvalue weighted by atomic mass is 9.64. The van der Waals surface area contributed by atoms with Gasteiger partial charge in [-0.3, -0.25) is 9.59 Å². The van der Waals surface area contributed by atoms with Gasteiger partial charge in [-0.1, -0.05) is 41.4 Å². The van der Waals surface area contributed by atoms with Gasteiger partial charge in [0.05, 0.1) is 19.3 Å². The van der Waals surface area contributed by atoms with E-state index in [1.165, 1.54) is 6.08 Å². The van der Waals surface area contributed by atoms with Gasteiger partial charge in [0, 0.05) is 43.8 Å². The first-order valence-corrected chi connectivity index (χ1v) is 14.1. The monoisotopic (exact) mass is 660 g/mol. The van der Waals surface area contributed by atoms with Gasteiger partial charge in [-0.2, -0.15) is 0 Å². The number of anilines is 1. The first-order valence-electron chi connectivity index (χ1n) is 12.3. The van der Waals surface area contributed by atoms with E-state index in [0.29, 0.717) is 45.8 Å². The zero-order valence-electron chi connectivity index (χ0n) is 20.1. The van der Waals surface area contributed by atoms with E-state index < -0.39 is 11.5 Å². The Hall–Kier alpha value is -2.59. The Morgan fingerprint density at radius 3 is 2.55 bits per heavy atom. The molecule has 9 heteroatoms. The summed E-state index contributed by atoms with van der Waals surface area (Å²) >= 11 is 14.9. The van der Waals surface area contributed by atoms with Crippen LogP contribution < -0.4 is 15.4 Å². The fourth-order valence-corrected chi connectivity index (χ4v) is 6.53. The molecule has 2 atom stereocenters. The lowest BCUT2D eigenvalue weighted by Gasteiger charge is -2.42. The average molecular weight is 661 g/mol. The molecule has 2 N–H and O–H groups in total. The van der Waals surface area contributed by atoms with Crippen LogP contribution >= 0.6 is 45.8 Å². The number of carbonyl (C=O) groups is 2. The lowest BCUT2D eigenvalue weighted by Crippen LogP contribution is -2.52. The summed E-state index contributed by atoms with van der Waals surface area (Å²) in [6.45, 7) is 1.26. The third-order valence-corrected chi connectivity index (χ3v) is 8.45.